The number of carbonyl (C=O) groups excluding carboxylic acids is 2. The van der Waals surface area contributed by atoms with E-state index in [2.05, 4.69) is 5.32 Å². The van der Waals surface area contributed by atoms with Crippen molar-refractivity contribution in [3.8, 4) is 0 Å². The van der Waals surface area contributed by atoms with Gasteiger partial charge in [-0.25, -0.2) is 0 Å². The lowest BCUT2D eigenvalue weighted by molar-refractivity contribution is -0.126. The molecule has 1 atom stereocenters. The lowest BCUT2D eigenvalue weighted by atomic mass is 10.0. The first-order chi connectivity index (χ1) is 9.58. The minimum absolute atomic E-state index is 0.155. The van der Waals surface area contributed by atoms with Crippen molar-refractivity contribution in [1.29, 1.82) is 0 Å². The van der Waals surface area contributed by atoms with E-state index in [4.69, 9.17) is 11.5 Å². The van der Waals surface area contributed by atoms with Crippen LogP contribution in [0.5, 0.6) is 0 Å². The van der Waals surface area contributed by atoms with Crippen LogP contribution in [0.2, 0.25) is 0 Å². The second-order valence-corrected chi connectivity index (χ2v) is 5.02. The van der Waals surface area contributed by atoms with Gasteiger partial charge in [0.15, 0.2) is 0 Å². The highest BCUT2D eigenvalue weighted by Gasteiger charge is 2.28. The minimum Gasteiger partial charge on any atom is -0.397 e. The van der Waals surface area contributed by atoms with Crippen molar-refractivity contribution in [2.45, 2.75) is 25.3 Å². The molecule has 0 radical (unpaired) electrons. The van der Waals surface area contributed by atoms with Crippen LogP contribution < -0.4 is 16.8 Å². The van der Waals surface area contributed by atoms with E-state index >= 15 is 0 Å². The molecule has 1 aliphatic rings. The van der Waals surface area contributed by atoms with Gasteiger partial charge < -0.3 is 16.8 Å². The first-order valence-electron chi connectivity index (χ1n) is 6.75. The van der Waals surface area contributed by atoms with E-state index in [-0.39, 0.29) is 24.4 Å². The molecule has 1 fully saturated rings. The molecule has 1 heterocycles. The summed E-state index contributed by atoms with van der Waals surface area (Å²) in [7, 11) is 0. The summed E-state index contributed by atoms with van der Waals surface area (Å²) >= 11 is 0. The predicted octanol–water partition coefficient (Wildman–Crippen LogP) is 0.547. The second-order valence-electron chi connectivity index (χ2n) is 5.02. The number of carbonyl (C=O) groups is 2. The highest BCUT2D eigenvalue weighted by molar-refractivity contribution is 5.95. The van der Waals surface area contributed by atoms with E-state index in [0.29, 0.717) is 17.9 Å². The van der Waals surface area contributed by atoms with Crippen LogP contribution in [0, 0.1) is 0 Å². The Morgan fingerprint density at radius 2 is 2.05 bits per heavy atom. The summed E-state index contributed by atoms with van der Waals surface area (Å²) in [4.78, 5) is 25.3. The summed E-state index contributed by atoms with van der Waals surface area (Å²) < 4.78 is 0. The first kappa shape index (κ1) is 14.3. The van der Waals surface area contributed by atoms with Crippen molar-refractivity contribution in [3.63, 3.8) is 0 Å². The molecule has 1 aromatic carbocycles. The van der Waals surface area contributed by atoms with Crippen LogP contribution in [0.1, 0.15) is 19.3 Å². The number of piperidine rings is 1. The van der Waals surface area contributed by atoms with E-state index in [0.717, 1.165) is 19.3 Å². The Morgan fingerprint density at radius 3 is 2.75 bits per heavy atom. The molecule has 0 aromatic heterocycles. The molecule has 0 aliphatic carbocycles. The fraction of sp³-hybridized carbons (Fsp3) is 0.429. The molecule has 0 saturated carbocycles. The largest absolute Gasteiger partial charge is 0.397 e. The Labute approximate surface area is 118 Å². The Bertz CT molecular complexity index is 504. The van der Waals surface area contributed by atoms with Crippen molar-refractivity contribution >= 4 is 23.2 Å². The van der Waals surface area contributed by atoms with Crippen LogP contribution in [0.15, 0.2) is 24.3 Å². The average Bonchev–Trinajstić information content (AvgIpc) is 2.41. The predicted molar refractivity (Wildman–Crippen MR) is 77.9 cm³/mol. The van der Waals surface area contributed by atoms with Crippen LogP contribution in [-0.2, 0) is 9.59 Å². The lowest BCUT2D eigenvalue weighted by Gasteiger charge is -2.32. The number of rotatable bonds is 4. The van der Waals surface area contributed by atoms with Gasteiger partial charge in [0.1, 0.15) is 0 Å². The highest BCUT2D eigenvalue weighted by atomic mass is 16.2. The zero-order valence-electron chi connectivity index (χ0n) is 11.3. The number of nitrogens with one attached hydrogen (secondary N) is 1. The van der Waals surface area contributed by atoms with Crippen molar-refractivity contribution < 1.29 is 9.59 Å². The van der Waals surface area contributed by atoms with E-state index < -0.39 is 0 Å². The third-order valence-electron chi connectivity index (χ3n) is 3.52. The molecule has 1 aliphatic heterocycles. The summed E-state index contributed by atoms with van der Waals surface area (Å²) in [5.41, 5.74) is 12.3. The Kier molecular flexibility index (Phi) is 4.57. The fourth-order valence-corrected chi connectivity index (χ4v) is 2.49. The van der Waals surface area contributed by atoms with Crippen LogP contribution in [0.25, 0.3) is 0 Å². The van der Waals surface area contributed by atoms with E-state index in [1.165, 1.54) is 0 Å². The number of benzene rings is 1. The number of nitrogens with zero attached hydrogens (tertiary/aromatic N) is 1. The average molecular weight is 276 g/mol. The number of hydrogen-bond donors (Lipinski definition) is 3. The van der Waals surface area contributed by atoms with E-state index in [1.807, 2.05) is 4.90 Å². The second kappa shape index (κ2) is 6.38. The van der Waals surface area contributed by atoms with Gasteiger partial charge in [-0.05, 0) is 31.5 Å². The minimum atomic E-state index is -0.364. The maximum absolute atomic E-state index is 12.0. The summed E-state index contributed by atoms with van der Waals surface area (Å²) in [6.07, 6.45) is 2.66. The Hall–Kier alpha value is -2.08. The maximum Gasteiger partial charge on any atom is 0.238 e. The molecule has 2 amide bonds. The van der Waals surface area contributed by atoms with Crippen molar-refractivity contribution in [2.75, 3.05) is 24.1 Å². The van der Waals surface area contributed by atoms with Crippen LogP contribution in [0.3, 0.4) is 0 Å². The van der Waals surface area contributed by atoms with Gasteiger partial charge in [0.2, 0.25) is 11.8 Å². The fourth-order valence-electron chi connectivity index (χ4n) is 2.49. The molecule has 20 heavy (non-hydrogen) atoms. The van der Waals surface area contributed by atoms with Gasteiger partial charge in [-0.15, -0.1) is 0 Å². The number of nitrogen functional groups attached to an aromatic ring is 1. The molecular weight excluding hydrogens is 256 g/mol. The summed E-state index contributed by atoms with van der Waals surface area (Å²) in [5.74, 6) is -0.548. The van der Waals surface area contributed by atoms with Crippen LogP contribution in [0.4, 0.5) is 11.4 Å². The van der Waals surface area contributed by atoms with Crippen LogP contribution in [-0.4, -0.2) is 35.8 Å². The monoisotopic (exact) mass is 276 g/mol. The van der Waals surface area contributed by atoms with Crippen molar-refractivity contribution in [2.24, 2.45) is 5.73 Å². The molecule has 1 saturated heterocycles. The number of amides is 2. The number of anilines is 2. The molecule has 6 heteroatoms. The molecule has 5 N–H and O–H groups in total. The number of primary amides is 1. The molecular formula is C14H20N4O2. The Morgan fingerprint density at radius 1 is 1.30 bits per heavy atom. The molecule has 6 nitrogen and oxygen atoms in total. The third-order valence-corrected chi connectivity index (χ3v) is 3.52. The molecule has 2 rings (SSSR count). The summed E-state index contributed by atoms with van der Waals surface area (Å²) in [6, 6.07) is 6.73. The molecule has 108 valence electrons. The highest BCUT2D eigenvalue weighted by Crippen LogP contribution is 2.19. The topological polar surface area (TPSA) is 101 Å². The lowest BCUT2D eigenvalue weighted by Crippen LogP contribution is -2.50. The normalized spacial score (nSPS) is 19.5. The summed E-state index contributed by atoms with van der Waals surface area (Å²) in [6.45, 7) is 0.868. The van der Waals surface area contributed by atoms with E-state index in [9.17, 15) is 9.59 Å². The zero-order chi connectivity index (χ0) is 14.5. The van der Waals surface area contributed by atoms with Crippen molar-refractivity contribution in [3.05, 3.63) is 24.3 Å². The number of likely N-dealkylation sites (tertiary alicyclic amines) is 1. The third kappa shape index (κ3) is 3.48. The number of para-hydroxylation sites is 2. The Balaban J connectivity index is 1.96. The molecule has 0 spiro atoms. The zero-order valence-corrected chi connectivity index (χ0v) is 11.3. The van der Waals surface area contributed by atoms with Gasteiger partial charge in [-0.3, -0.25) is 14.5 Å². The van der Waals surface area contributed by atoms with Gasteiger partial charge in [0, 0.05) is 0 Å². The standard InChI is InChI=1S/C14H20N4O2/c15-10-5-1-2-6-11(10)17-13(19)9-18-8-4-3-7-12(18)14(16)20/h1-2,5-6,12H,3-4,7-9,15H2,(H2,16,20)(H,17,19). The van der Waals surface area contributed by atoms with Gasteiger partial charge in [0.25, 0.3) is 0 Å². The quantitative estimate of drug-likeness (QED) is 0.699. The maximum atomic E-state index is 12.0. The van der Waals surface area contributed by atoms with Gasteiger partial charge in [-0.2, -0.15) is 0 Å². The van der Waals surface area contributed by atoms with Crippen molar-refractivity contribution in [1.82, 2.24) is 4.90 Å². The molecule has 0 bridgehead atoms. The van der Waals surface area contributed by atoms with Crippen LogP contribution >= 0.6 is 0 Å². The smallest absolute Gasteiger partial charge is 0.238 e. The number of hydrogen-bond acceptors (Lipinski definition) is 4. The molecule has 1 unspecified atom stereocenters. The number of nitrogens with two attached hydrogens (primary N) is 2. The van der Waals surface area contributed by atoms with E-state index in [1.54, 1.807) is 24.3 Å². The van der Waals surface area contributed by atoms with Gasteiger partial charge >= 0.3 is 0 Å². The summed E-state index contributed by atoms with van der Waals surface area (Å²) in [5, 5.41) is 2.76. The van der Waals surface area contributed by atoms with Gasteiger partial charge in [0.05, 0.1) is 24.0 Å². The first-order valence-corrected chi connectivity index (χ1v) is 6.75. The molecule has 1 aromatic rings. The van der Waals surface area contributed by atoms with Gasteiger partial charge in [-0.1, -0.05) is 18.6 Å². The SMILES string of the molecule is NC(=O)C1CCCCN1CC(=O)Nc1ccccc1N.